The lowest BCUT2D eigenvalue weighted by Gasteiger charge is -2.20. The van der Waals surface area contributed by atoms with Crippen LogP contribution in [0.25, 0.3) is 0 Å². The van der Waals surface area contributed by atoms with E-state index in [0.29, 0.717) is 5.92 Å². The van der Waals surface area contributed by atoms with Gasteiger partial charge in [0.05, 0.1) is 0 Å². The Kier molecular flexibility index (Phi) is 3.78. The first-order valence-corrected chi connectivity index (χ1v) is 3.43. The van der Waals surface area contributed by atoms with Gasteiger partial charge in [0.1, 0.15) is 6.17 Å². The van der Waals surface area contributed by atoms with Crippen LogP contribution in [0.15, 0.2) is 0 Å². The third kappa shape index (κ3) is 2.80. The van der Waals surface area contributed by atoms with Gasteiger partial charge in [0.2, 0.25) is 0 Å². The van der Waals surface area contributed by atoms with Crippen LogP contribution < -0.4 is 0 Å². The van der Waals surface area contributed by atoms with Crippen molar-refractivity contribution in [1.29, 1.82) is 0 Å². The molecule has 56 valence electrons. The van der Waals surface area contributed by atoms with Gasteiger partial charge in [0, 0.05) is 0 Å². The fourth-order valence-corrected chi connectivity index (χ4v) is 1.36. The fraction of sp³-hybridized carbons (Fsp3) is 1.00. The molecule has 2 heteroatoms. The topological polar surface area (TPSA) is 31.5 Å². The summed E-state index contributed by atoms with van der Waals surface area (Å²) in [5.74, 6) is 0.638. The molecule has 1 aliphatic rings. The maximum Gasteiger partial charge on any atom is 0.100 e. The van der Waals surface area contributed by atoms with Gasteiger partial charge in [0.15, 0.2) is 0 Å². The van der Waals surface area contributed by atoms with Crippen LogP contribution in [0, 0.1) is 5.92 Å². The van der Waals surface area contributed by atoms with Gasteiger partial charge in [-0.2, -0.15) is 0 Å². The summed E-state index contributed by atoms with van der Waals surface area (Å²) >= 11 is 0. The molecule has 0 aromatic heterocycles. The highest BCUT2D eigenvalue weighted by Crippen LogP contribution is 2.25. The molecule has 0 radical (unpaired) electrons. The van der Waals surface area contributed by atoms with Crippen molar-refractivity contribution in [2.24, 2.45) is 5.92 Å². The van der Waals surface area contributed by atoms with Crippen LogP contribution >= 0.6 is 0 Å². The SMILES string of the molecule is CC1CCCC(F)C1.O. The van der Waals surface area contributed by atoms with Crippen molar-refractivity contribution in [2.75, 3.05) is 0 Å². The molecule has 1 saturated carbocycles. The maximum atomic E-state index is 12.4. The Morgan fingerprint density at radius 3 is 2.33 bits per heavy atom. The quantitative estimate of drug-likeness (QED) is 0.483. The van der Waals surface area contributed by atoms with Gasteiger partial charge in [-0.05, 0) is 18.8 Å². The summed E-state index contributed by atoms with van der Waals surface area (Å²) < 4.78 is 12.4. The monoisotopic (exact) mass is 134 g/mol. The summed E-state index contributed by atoms with van der Waals surface area (Å²) in [6, 6.07) is 0. The lowest BCUT2D eigenvalue weighted by atomic mass is 9.90. The Bertz CT molecular complexity index is 67.3. The normalized spacial score (nSPS) is 35.3. The van der Waals surface area contributed by atoms with Crippen molar-refractivity contribution < 1.29 is 9.87 Å². The van der Waals surface area contributed by atoms with E-state index in [2.05, 4.69) is 6.92 Å². The van der Waals surface area contributed by atoms with Crippen LogP contribution in [0.4, 0.5) is 4.39 Å². The Labute approximate surface area is 55.6 Å². The van der Waals surface area contributed by atoms with Crippen molar-refractivity contribution in [3.8, 4) is 0 Å². The van der Waals surface area contributed by atoms with Crippen molar-refractivity contribution in [3.05, 3.63) is 0 Å². The van der Waals surface area contributed by atoms with E-state index < -0.39 is 6.17 Å². The predicted molar refractivity (Wildman–Crippen MR) is 36.1 cm³/mol. The highest BCUT2D eigenvalue weighted by Gasteiger charge is 2.16. The highest BCUT2D eigenvalue weighted by molar-refractivity contribution is 4.68. The third-order valence-corrected chi connectivity index (χ3v) is 1.87. The first-order chi connectivity index (χ1) is 3.79. The molecule has 1 aliphatic carbocycles. The smallest absolute Gasteiger partial charge is 0.100 e. The van der Waals surface area contributed by atoms with Gasteiger partial charge < -0.3 is 5.48 Å². The summed E-state index contributed by atoms with van der Waals surface area (Å²) in [7, 11) is 0. The highest BCUT2D eigenvalue weighted by atomic mass is 19.1. The van der Waals surface area contributed by atoms with Gasteiger partial charge in [-0.25, -0.2) is 4.39 Å². The molecule has 2 N–H and O–H groups in total. The van der Waals surface area contributed by atoms with E-state index in [1.54, 1.807) is 0 Å². The molecule has 0 aromatic carbocycles. The molecule has 2 atom stereocenters. The molecule has 0 amide bonds. The van der Waals surface area contributed by atoms with E-state index in [-0.39, 0.29) is 5.48 Å². The van der Waals surface area contributed by atoms with Crippen molar-refractivity contribution >= 4 is 0 Å². The number of hydrogen-bond acceptors (Lipinski definition) is 0. The Morgan fingerprint density at radius 1 is 1.33 bits per heavy atom. The number of rotatable bonds is 0. The minimum Gasteiger partial charge on any atom is -0.412 e. The van der Waals surface area contributed by atoms with Crippen LogP contribution in [0.5, 0.6) is 0 Å². The van der Waals surface area contributed by atoms with Crippen molar-refractivity contribution in [3.63, 3.8) is 0 Å². The number of halogens is 1. The molecule has 1 fully saturated rings. The van der Waals surface area contributed by atoms with Crippen LogP contribution in [0.2, 0.25) is 0 Å². The van der Waals surface area contributed by atoms with E-state index in [9.17, 15) is 4.39 Å². The predicted octanol–water partition coefficient (Wildman–Crippen LogP) is 1.71. The zero-order chi connectivity index (χ0) is 5.98. The van der Waals surface area contributed by atoms with Gasteiger partial charge in [-0.15, -0.1) is 0 Å². The minimum atomic E-state index is -0.487. The second kappa shape index (κ2) is 3.83. The van der Waals surface area contributed by atoms with E-state index >= 15 is 0 Å². The fourth-order valence-electron chi connectivity index (χ4n) is 1.36. The van der Waals surface area contributed by atoms with Gasteiger partial charge in [0.25, 0.3) is 0 Å². The molecule has 0 aromatic rings. The van der Waals surface area contributed by atoms with E-state index in [1.165, 1.54) is 6.42 Å². The molecule has 0 saturated heterocycles. The number of alkyl halides is 1. The summed E-state index contributed by atoms with van der Waals surface area (Å²) in [6.45, 7) is 2.13. The first-order valence-electron chi connectivity index (χ1n) is 3.43. The lowest BCUT2D eigenvalue weighted by molar-refractivity contribution is 0.208. The summed E-state index contributed by atoms with van der Waals surface area (Å²) in [5, 5.41) is 0. The molecule has 1 nitrogen and oxygen atoms in total. The molecule has 0 aliphatic heterocycles. The molecule has 2 unspecified atom stereocenters. The Balaban J connectivity index is 0.000000640. The van der Waals surface area contributed by atoms with Crippen LogP contribution in [0.1, 0.15) is 32.6 Å². The largest absolute Gasteiger partial charge is 0.412 e. The molecule has 1 rings (SSSR count). The van der Waals surface area contributed by atoms with Gasteiger partial charge >= 0.3 is 0 Å². The zero-order valence-electron chi connectivity index (χ0n) is 5.86. The summed E-state index contributed by atoms with van der Waals surface area (Å²) in [6.07, 6.45) is 3.46. The lowest BCUT2D eigenvalue weighted by Crippen LogP contribution is -2.12. The summed E-state index contributed by atoms with van der Waals surface area (Å²) in [5.41, 5.74) is 0. The van der Waals surface area contributed by atoms with Crippen LogP contribution in [-0.2, 0) is 0 Å². The second-order valence-corrected chi connectivity index (χ2v) is 2.87. The molecule has 9 heavy (non-hydrogen) atoms. The average Bonchev–Trinajstić information content (AvgIpc) is 1.64. The summed E-state index contributed by atoms with van der Waals surface area (Å²) in [4.78, 5) is 0. The second-order valence-electron chi connectivity index (χ2n) is 2.87. The molecule has 0 spiro atoms. The van der Waals surface area contributed by atoms with Crippen molar-refractivity contribution in [2.45, 2.75) is 38.8 Å². The zero-order valence-corrected chi connectivity index (χ0v) is 5.86. The molecule has 0 heterocycles. The van der Waals surface area contributed by atoms with Gasteiger partial charge in [-0.1, -0.05) is 19.8 Å². The molecular formula is C7H15FO. The standard InChI is InChI=1S/C7H13F.H2O/c1-6-3-2-4-7(8)5-6;/h6-7H,2-5H2,1H3;1H2. The Morgan fingerprint density at radius 2 is 2.00 bits per heavy atom. The third-order valence-electron chi connectivity index (χ3n) is 1.87. The van der Waals surface area contributed by atoms with E-state index in [0.717, 1.165) is 19.3 Å². The molecule has 0 bridgehead atoms. The van der Waals surface area contributed by atoms with Crippen LogP contribution in [-0.4, -0.2) is 11.6 Å². The average molecular weight is 134 g/mol. The first kappa shape index (κ1) is 8.89. The molecular weight excluding hydrogens is 119 g/mol. The number of hydrogen-bond donors (Lipinski definition) is 0. The van der Waals surface area contributed by atoms with E-state index in [4.69, 9.17) is 0 Å². The maximum absolute atomic E-state index is 12.4. The van der Waals surface area contributed by atoms with Crippen LogP contribution in [0.3, 0.4) is 0 Å². The van der Waals surface area contributed by atoms with E-state index in [1.807, 2.05) is 0 Å². The van der Waals surface area contributed by atoms with Crippen molar-refractivity contribution in [1.82, 2.24) is 0 Å². The van der Waals surface area contributed by atoms with Gasteiger partial charge in [-0.3, -0.25) is 0 Å². The Hall–Kier alpha value is -0.110. The minimum absolute atomic E-state index is 0.